The third-order valence-corrected chi connectivity index (χ3v) is 5.91. The van der Waals surface area contributed by atoms with Crippen molar-refractivity contribution in [3.05, 3.63) is 29.3 Å². The van der Waals surface area contributed by atoms with E-state index in [0.717, 1.165) is 37.5 Å². The van der Waals surface area contributed by atoms with E-state index in [0.29, 0.717) is 0 Å². The van der Waals surface area contributed by atoms with Gasteiger partial charge >= 0.3 is 0 Å². The number of piperidine rings is 1. The summed E-state index contributed by atoms with van der Waals surface area (Å²) in [4.78, 5) is 0. The lowest BCUT2D eigenvalue weighted by Crippen LogP contribution is -2.34. The van der Waals surface area contributed by atoms with E-state index < -0.39 is 10.0 Å². The molecule has 1 N–H and O–H groups in total. The first-order valence-electron chi connectivity index (χ1n) is 7.77. The number of fused-ring (bicyclic) bond motifs is 1. The number of sulfonamides is 1. The Morgan fingerprint density at radius 2 is 2.00 bits per heavy atom. The standard InChI is InChI=1S/C16H24N2O2S/c1-12-9-15-11-14(10-13-5-7-17-8-6-13)3-4-16(15)18(12)21(2,19)20/h3-4,11-13,17H,5-10H2,1-2H3. The average molecular weight is 308 g/mol. The number of hydrogen-bond acceptors (Lipinski definition) is 3. The molecule has 5 heteroatoms. The van der Waals surface area contributed by atoms with Crippen LogP contribution in [-0.4, -0.2) is 33.8 Å². The summed E-state index contributed by atoms with van der Waals surface area (Å²) in [7, 11) is -3.18. The SMILES string of the molecule is CC1Cc2cc(CC3CCNCC3)ccc2N1S(C)(=O)=O. The van der Waals surface area contributed by atoms with E-state index in [1.54, 1.807) is 4.31 Å². The van der Waals surface area contributed by atoms with E-state index in [1.807, 2.05) is 13.0 Å². The van der Waals surface area contributed by atoms with Crippen LogP contribution >= 0.6 is 0 Å². The first kappa shape index (κ1) is 14.9. The number of benzene rings is 1. The zero-order valence-electron chi connectivity index (χ0n) is 12.8. The molecule has 0 aliphatic carbocycles. The molecule has 21 heavy (non-hydrogen) atoms. The van der Waals surface area contributed by atoms with Gasteiger partial charge in [-0.2, -0.15) is 0 Å². The first-order chi connectivity index (χ1) is 9.95. The first-order valence-corrected chi connectivity index (χ1v) is 9.62. The van der Waals surface area contributed by atoms with Gasteiger partial charge in [0.15, 0.2) is 0 Å². The fraction of sp³-hybridized carbons (Fsp3) is 0.625. The zero-order valence-corrected chi connectivity index (χ0v) is 13.6. The van der Waals surface area contributed by atoms with Crippen LogP contribution in [0.2, 0.25) is 0 Å². The monoisotopic (exact) mass is 308 g/mol. The molecule has 1 saturated heterocycles. The Hall–Kier alpha value is -1.07. The summed E-state index contributed by atoms with van der Waals surface area (Å²) in [5.41, 5.74) is 3.40. The summed E-state index contributed by atoms with van der Waals surface area (Å²) in [6.07, 6.45) is 5.71. The molecule has 3 rings (SSSR count). The van der Waals surface area contributed by atoms with Crippen LogP contribution < -0.4 is 9.62 Å². The molecule has 1 fully saturated rings. The van der Waals surface area contributed by atoms with Crippen molar-refractivity contribution >= 4 is 15.7 Å². The molecule has 0 amide bonds. The summed E-state index contributed by atoms with van der Waals surface area (Å²) in [6, 6.07) is 6.36. The highest BCUT2D eigenvalue weighted by atomic mass is 32.2. The Labute approximate surface area is 127 Å². The number of hydrogen-bond donors (Lipinski definition) is 1. The predicted molar refractivity (Wildman–Crippen MR) is 86.2 cm³/mol. The van der Waals surface area contributed by atoms with Crippen LogP contribution in [0.25, 0.3) is 0 Å². The topological polar surface area (TPSA) is 49.4 Å². The van der Waals surface area contributed by atoms with Crippen molar-refractivity contribution in [2.75, 3.05) is 23.7 Å². The Morgan fingerprint density at radius 1 is 1.29 bits per heavy atom. The minimum atomic E-state index is -3.18. The van der Waals surface area contributed by atoms with Crippen LogP contribution in [-0.2, 0) is 22.9 Å². The molecule has 0 saturated carbocycles. The number of rotatable bonds is 3. The van der Waals surface area contributed by atoms with Gasteiger partial charge in [-0.3, -0.25) is 4.31 Å². The summed E-state index contributed by atoms with van der Waals surface area (Å²) in [5, 5.41) is 3.40. The van der Waals surface area contributed by atoms with Crippen molar-refractivity contribution in [2.45, 2.75) is 38.6 Å². The van der Waals surface area contributed by atoms with E-state index in [-0.39, 0.29) is 6.04 Å². The largest absolute Gasteiger partial charge is 0.317 e. The Kier molecular flexibility index (Phi) is 3.97. The maximum absolute atomic E-state index is 11.9. The molecular weight excluding hydrogens is 284 g/mol. The van der Waals surface area contributed by atoms with Crippen LogP contribution in [0.5, 0.6) is 0 Å². The quantitative estimate of drug-likeness (QED) is 0.928. The fourth-order valence-electron chi connectivity index (χ4n) is 3.71. The van der Waals surface area contributed by atoms with Gasteiger partial charge < -0.3 is 5.32 Å². The average Bonchev–Trinajstić information content (AvgIpc) is 2.74. The molecule has 0 aromatic heterocycles. The smallest absolute Gasteiger partial charge is 0.232 e. The minimum Gasteiger partial charge on any atom is -0.317 e. The van der Waals surface area contributed by atoms with Gasteiger partial charge in [-0.05, 0) is 68.8 Å². The Balaban J connectivity index is 1.81. The number of nitrogens with zero attached hydrogens (tertiary/aromatic N) is 1. The maximum Gasteiger partial charge on any atom is 0.232 e. The van der Waals surface area contributed by atoms with Crippen molar-refractivity contribution in [1.29, 1.82) is 0 Å². The lowest BCUT2D eigenvalue weighted by atomic mass is 9.90. The highest BCUT2D eigenvalue weighted by molar-refractivity contribution is 7.92. The van der Waals surface area contributed by atoms with Crippen molar-refractivity contribution in [2.24, 2.45) is 5.92 Å². The normalized spacial score (nSPS) is 23.3. The second-order valence-corrected chi connectivity index (χ2v) is 8.33. The van der Waals surface area contributed by atoms with Crippen molar-refractivity contribution in [3.63, 3.8) is 0 Å². The van der Waals surface area contributed by atoms with Crippen molar-refractivity contribution < 1.29 is 8.42 Å². The molecule has 2 aliphatic rings. The van der Waals surface area contributed by atoms with Gasteiger partial charge in [-0.25, -0.2) is 8.42 Å². The predicted octanol–water partition coefficient (Wildman–Crippen LogP) is 1.94. The highest BCUT2D eigenvalue weighted by Gasteiger charge is 2.32. The van der Waals surface area contributed by atoms with E-state index >= 15 is 0 Å². The number of anilines is 1. The van der Waals surface area contributed by atoms with E-state index in [2.05, 4.69) is 17.4 Å². The van der Waals surface area contributed by atoms with Gasteiger partial charge in [-0.1, -0.05) is 12.1 Å². The summed E-state index contributed by atoms with van der Waals surface area (Å²) in [5.74, 6) is 0.758. The maximum atomic E-state index is 11.9. The molecule has 2 heterocycles. The van der Waals surface area contributed by atoms with Crippen LogP contribution in [0.3, 0.4) is 0 Å². The summed E-state index contributed by atoms with van der Waals surface area (Å²) in [6.45, 7) is 4.22. The van der Waals surface area contributed by atoms with E-state index in [9.17, 15) is 8.42 Å². The van der Waals surface area contributed by atoms with Crippen LogP contribution in [0.15, 0.2) is 18.2 Å². The van der Waals surface area contributed by atoms with Gasteiger partial charge in [0.05, 0.1) is 11.9 Å². The van der Waals surface area contributed by atoms with Gasteiger partial charge in [0, 0.05) is 6.04 Å². The van der Waals surface area contributed by atoms with Gasteiger partial charge in [0.1, 0.15) is 0 Å². The lowest BCUT2D eigenvalue weighted by Gasteiger charge is -2.23. The molecule has 116 valence electrons. The third-order valence-electron chi connectivity index (χ3n) is 4.64. The molecule has 0 bridgehead atoms. The third kappa shape index (κ3) is 3.09. The molecule has 2 aliphatic heterocycles. The lowest BCUT2D eigenvalue weighted by molar-refractivity contribution is 0.372. The molecule has 0 spiro atoms. The van der Waals surface area contributed by atoms with Crippen molar-refractivity contribution in [3.8, 4) is 0 Å². The molecule has 1 atom stereocenters. The van der Waals surface area contributed by atoms with E-state index in [1.165, 1.54) is 30.2 Å². The molecular formula is C16H24N2O2S. The Morgan fingerprint density at radius 3 is 2.67 bits per heavy atom. The fourth-order valence-corrected chi connectivity index (χ4v) is 4.97. The van der Waals surface area contributed by atoms with Crippen LogP contribution in [0, 0.1) is 5.92 Å². The molecule has 1 unspecified atom stereocenters. The van der Waals surface area contributed by atoms with Gasteiger partial charge in [-0.15, -0.1) is 0 Å². The second-order valence-electron chi connectivity index (χ2n) is 6.47. The minimum absolute atomic E-state index is 0.0316. The number of nitrogens with one attached hydrogen (secondary N) is 1. The van der Waals surface area contributed by atoms with Crippen LogP contribution in [0.1, 0.15) is 30.9 Å². The zero-order chi connectivity index (χ0) is 15.0. The van der Waals surface area contributed by atoms with Crippen molar-refractivity contribution in [1.82, 2.24) is 5.32 Å². The van der Waals surface area contributed by atoms with E-state index in [4.69, 9.17) is 0 Å². The van der Waals surface area contributed by atoms with Gasteiger partial charge in [0.25, 0.3) is 0 Å². The summed E-state index contributed by atoms with van der Waals surface area (Å²) < 4.78 is 25.4. The molecule has 1 aromatic rings. The van der Waals surface area contributed by atoms with Gasteiger partial charge in [0.2, 0.25) is 10.0 Å². The molecule has 1 aromatic carbocycles. The highest BCUT2D eigenvalue weighted by Crippen LogP contribution is 2.35. The summed E-state index contributed by atoms with van der Waals surface area (Å²) >= 11 is 0. The molecule has 0 radical (unpaired) electrons. The Bertz CT molecular complexity index is 621. The second kappa shape index (κ2) is 5.61. The molecule has 4 nitrogen and oxygen atoms in total. The van der Waals surface area contributed by atoms with Crippen LogP contribution in [0.4, 0.5) is 5.69 Å².